The second-order valence-electron chi connectivity index (χ2n) is 4.23. The molecule has 0 aromatic heterocycles. The van der Waals surface area contributed by atoms with Crippen molar-refractivity contribution in [2.24, 2.45) is 0 Å². The van der Waals surface area contributed by atoms with Crippen LogP contribution in [-0.4, -0.2) is 17.3 Å². The van der Waals surface area contributed by atoms with Gasteiger partial charge in [0.05, 0.1) is 7.11 Å². The van der Waals surface area contributed by atoms with Crippen molar-refractivity contribution in [1.82, 2.24) is 0 Å². The van der Waals surface area contributed by atoms with Gasteiger partial charge < -0.3 is 14.9 Å². The lowest BCUT2D eigenvalue weighted by Crippen LogP contribution is -1.87. The molecule has 2 rings (SSSR count). The number of ether oxygens (including phenoxy) is 1. The Morgan fingerprint density at radius 2 is 1.84 bits per heavy atom. The van der Waals surface area contributed by atoms with E-state index in [9.17, 15) is 10.2 Å². The summed E-state index contributed by atoms with van der Waals surface area (Å²) >= 11 is 0. The third-order valence-electron chi connectivity index (χ3n) is 2.93. The van der Waals surface area contributed by atoms with E-state index in [1.165, 1.54) is 7.11 Å². The fraction of sp³-hybridized carbons (Fsp3) is 0.125. The summed E-state index contributed by atoms with van der Waals surface area (Å²) in [6.45, 7) is 3.70. The minimum absolute atomic E-state index is 0.0768. The second kappa shape index (κ2) is 5.48. The zero-order chi connectivity index (χ0) is 13.8. The van der Waals surface area contributed by atoms with E-state index in [0.717, 1.165) is 17.5 Å². The standard InChI is InChI=1S/C16H16O3/c1-3-4-11-5-7-14(17)13(9-11)12-6-8-15(18)16(10-12)19-2/h3,5-10,17-18H,1,4H2,2H3. The minimum Gasteiger partial charge on any atom is -0.507 e. The fourth-order valence-electron chi connectivity index (χ4n) is 1.95. The van der Waals surface area contributed by atoms with Gasteiger partial charge in [0.1, 0.15) is 5.75 Å². The van der Waals surface area contributed by atoms with Gasteiger partial charge in [-0.1, -0.05) is 18.2 Å². The van der Waals surface area contributed by atoms with Crippen molar-refractivity contribution in [3.05, 3.63) is 54.6 Å². The van der Waals surface area contributed by atoms with Gasteiger partial charge in [0.15, 0.2) is 11.5 Å². The van der Waals surface area contributed by atoms with Crippen molar-refractivity contribution in [3.63, 3.8) is 0 Å². The fourth-order valence-corrected chi connectivity index (χ4v) is 1.95. The molecule has 0 radical (unpaired) electrons. The molecule has 0 heterocycles. The Balaban J connectivity index is 2.51. The molecule has 19 heavy (non-hydrogen) atoms. The van der Waals surface area contributed by atoms with Crippen LogP contribution < -0.4 is 4.74 Å². The van der Waals surface area contributed by atoms with E-state index in [4.69, 9.17) is 4.74 Å². The molecule has 3 heteroatoms. The lowest BCUT2D eigenvalue weighted by atomic mass is 10.00. The molecule has 0 bridgehead atoms. The van der Waals surface area contributed by atoms with E-state index in [1.807, 2.05) is 18.2 Å². The average molecular weight is 256 g/mol. The lowest BCUT2D eigenvalue weighted by Gasteiger charge is -2.10. The molecule has 0 saturated carbocycles. The molecule has 98 valence electrons. The number of phenols is 2. The Kier molecular flexibility index (Phi) is 3.76. The van der Waals surface area contributed by atoms with Crippen LogP contribution in [0.15, 0.2) is 49.1 Å². The monoisotopic (exact) mass is 256 g/mol. The van der Waals surface area contributed by atoms with Crippen molar-refractivity contribution < 1.29 is 14.9 Å². The summed E-state index contributed by atoms with van der Waals surface area (Å²) in [5.41, 5.74) is 2.56. The Morgan fingerprint density at radius 1 is 1.11 bits per heavy atom. The van der Waals surface area contributed by atoms with Crippen LogP contribution in [-0.2, 0) is 6.42 Å². The third kappa shape index (κ3) is 2.71. The van der Waals surface area contributed by atoms with Gasteiger partial charge in [-0.2, -0.15) is 0 Å². The number of aromatic hydroxyl groups is 2. The van der Waals surface area contributed by atoms with Gasteiger partial charge in [-0.05, 0) is 41.8 Å². The summed E-state index contributed by atoms with van der Waals surface area (Å²) in [5.74, 6) is 0.652. The van der Waals surface area contributed by atoms with E-state index >= 15 is 0 Å². The number of hydrogen-bond donors (Lipinski definition) is 2. The van der Waals surface area contributed by atoms with E-state index < -0.39 is 0 Å². The molecule has 0 saturated heterocycles. The van der Waals surface area contributed by atoms with Crippen molar-refractivity contribution in [1.29, 1.82) is 0 Å². The molecule has 3 nitrogen and oxygen atoms in total. The highest BCUT2D eigenvalue weighted by molar-refractivity contribution is 5.73. The summed E-state index contributed by atoms with van der Waals surface area (Å²) < 4.78 is 5.08. The van der Waals surface area contributed by atoms with Gasteiger partial charge in [-0.15, -0.1) is 6.58 Å². The van der Waals surface area contributed by atoms with Gasteiger partial charge in [0, 0.05) is 5.56 Å². The number of phenolic OH excluding ortho intramolecular Hbond substituents is 2. The Morgan fingerprint density at radius 3 is 2.53 bits per heavy atom. The van der Waals surface area contributed by atoms with Crippen molar-refractivity contribution in [2.75, 3.05) is 7.11 Å². The third-order valence-corrected chi connectivity index (χ3v) is 2.93. The summed E-state index contributed by atoms with van der Waals surface area (Å²) in [5, 5.41) is 19.5. The smallest absolute Gasteiger partial charge is 0.161 e. The van der Waals surface area contributed by atoms with Crippen LogP contribution in [0.4, 0.5) is 0 Å². The summed E-state index contributed by atoms with van der Waals surface area (Å²) in [6, 6.07) is 10.4. The van der Waals surface area contributed by atoms with Gasteiger partial charge >= 0.3 is 0 Å². The average Bonchev–Trinajstić information content (AvgIpc) is 2.42. The predicted octanol–water partition coefficient (Wildman–Crippen LogP) is 3.50. The topological polar surface area (TPSA) is 49.7 Å². The Hall–Kier alpha value is -2.42. The zero-order valence-electron chi connectivity index (χ0n) is 10.8. The first-order valence-corrected chi connectivity index (χ1v) is 5.96. The van der Waals surface area contributed by atoms with Gasteiger partial charge in [-0.25, -0.2) is 0 Å². The number of benzene rings is 2. The number of rotatable bonds is 4. The first-order chi connectivity index (χ1) is 9.15. The van der Waals surface area contributed by atoms with E-state index in [0.29, 0.717) is 11.3 Å². The number of methoxy groups -OCH3 is 1. The van der Waals surface area contributed by atoms with Crippen molar-refractivity contribution in [2.45, 2.75) is 6.42 Å². The zero-order valence-corrected chi connectivity index (χ0v) is 10.8. The van der Waals surface area contributed by atoms with Crippen molar-refractivity contribution >= 4 is 0 Å². The van der Waals surface area contributed by atoms with E-state index in [-0.39, 0.29) is 11.5 Å². The predicted molar refractivity (Wildman–Crippen MR) is 75.7 cm³/mol. The van der Waals surface area contributed by atoms with Gasteiger partial charge in [0.2, 0.25) is 0 Å². The molecule has 0 spiro atoms. The summed E-state index contributed by atoms with van der Waals surface area (Å²) in [7, 11) is 1.49. The second-order valence-corrected chi connectivity index (χ2v) is 4.23. The molecule has 0 unspecified atom stereocenters. The van der Waals surface area contributed by atoms with Crippen LogP contribution >= 0.6 is 0 Å². The van der Waals surface area contributed by atoms with Crippen LogP contribution in [0, 0.1) is 0 Å². The maximum atomic E-state index is 9.96. The first-order valence-electron chi connectivity index (χ1n) is 5.96. The molecule has 2 aromatic rings. The first kappa shape index (κ1) is 13.0. The van der Waals surface area contributed by atoms with Crippen molar-refractivity contribution in [3.8, 4) is 28.4 Å². The maximum Gasteiger partial charge on any atom is 0.161 e. The minimum atomic E-state index is 0.0768. The highest BCUT2D eigenvalue weighted by Crippen LogP contribution is 2.35. The Labute approximate surface area is 112 Å². The van der Waals surface area contributed by atoms with Gasteiger partial charge in [-0.3, -0.25) is 0 Å². The largest absolute Gasteiger partial charge is 0.507 e. The highest BCUT2D eigenvalue weighted by Gasteiger charge is 2.09. The van der Waals surface area contributed by atoms with Crippen LogP contribution in [0.2, 0.25) is 0 Å². The van der Waals surface area contributed by atoms with Gasteiger partial charge in [0.25, 0.3) is 0 Å². The molecular weight excluding hydrogens is 240 g/mol. The maximum absolute atomic E-state index is 9.96. The molecule has 0 amide bonds. The van der Waals surface area contributed by atoms with E-state index in [2.05, 4.69) is 6.58 Å². The van der Waals surface area contributed by atoms with E-state index in [1.54, 1.807) is 24.3 Å². The summed E-state index contributed by atoms with van der Waals surface area (Å²) in [4.78, 5) is 0. The quantitative estimate of drug-likeness (QED) is 0.823. The molecule has 0 aliphatic rings. The van der Waals surface area contributed by atoms with Crippen LogP contribution in [0.25, 0.3) is 11.1 Å². The van der Waals surface area contributed by atoms with Crippen LogP contribution in [0.3, 0.4) is 0 Å². The molecule has 2 aromatic carbocycles. The SMILES string of the molecule is C=CCc1ccc(O)c(-c2ccc(O)c(OC)c2)c1. The molecule has 0 atom stereocenters. The molecule has 0 fully saturated rings. The molecular formula is C16H16O3. The molecule has 0 aliphatic heterocycles. The summed E-state index contributed by atoms with van der Waals surface area (Å²) in [6.07, 6.45) is 2.55. The number of allylic oxidation sites excluding steroid dienone is 1. The van der Waals surface area contributed by atoms with Crippen LogP contribution in [0.5, 0.6) is 17.2 Å². The highest BCUT2D eigenvalue weighted by atomic mass is 16.5. The number of hydrogen-bond acceptors (Lipinski definition) is 3. The normalized spacial score (nSPS) is 10.2. The van der Waals surface area contributed by atoms with Crippen LogP contribution in [0.1, 0.15) is 5.56 Å². The lowest BCUT2D eigenvalue weighted by molar-refractivity contribution is 0.373. The molecule has 2 N–H and O–H groups in total. The Bertz CT molecular complexity index is 603. The molecule has 0 aliphatic carbocycles.